The van der Waals surface area contributed by atoms with Crippen molar-refractivity contribution in [2.24, 2.45) is 0 Å². The molecule has 0 radical (unpaired) electrons. The molecule has 1 N–H and O–H groups in total. The normalized spacial score (nSPS) is 12.5. The SMILES string of the molecule is CC(Nc1cccc(C(F)(F)F)n1)c1ccc(C#N)cc1. The molecule has 0 spiro atoms. The van der Waals surface area contributed by atoms with Crippen molar-refractivity contribution in [3.63, 3.8) is 0 Å². The molecule has 1 atom stereocenters. The van der Waals surface area contributed by atoms with Crippen molar-refractivity contribution in [3.8, 4) is 6.07 Å². The summed E-state index contributed by atoms with van der Waals surface area (Å²) < 4.78 is 37.8. The quantitative estimate of drug-likeness (QED) is 0.924. The molecule has 1 heterocycles. The van der Waals surface area contributed by atoms with E-state index in [1.54, 1.807) is 24.3 Å². The van der Waals surface area contributed by atoms with Gasteiger partial charge in [0.15, 0.2) is 0 Å². The van der Waals surface area contributed by atoms with E-state index in [4.69, 9.17) is 5.26 Å². The Kier molecular flexibility index (Phi) is 4.13. The van der Waals surface area contributed by atoms with Crippen LogP contribution in [-0.4, -0.2) is 4.98 Å². The van der Waals surface area contributed by atoms with Crippen LogP contribution in [0.25, 0.3) is 0 Å². The van der Waals surface area contributed by atoms with Crippen LogP contribution in [0.2, 0.25) is 0 Å². The number of hydrogen-bond donors (Lipinski definition) is 1. The van der Waals surface area contributed by atoms with Crippen molar-refractivity contribution in [2.45, 2.75) is 19.1 Å². The topological polar surface area (TPSA) is 48.7 Å². The van der Waals surface area contributed by atoms with Crippen molar-refractivity contribution in [2.75, 3.05) is 5.32 Å². The Labute approximate surface area is 120 Å². The predicted octanol–water partition coefficient (Wildman–Crippen LogP) is 4.15. The maximum atomic E-state index is 12.6. The lowest BCUT2D eigenvalue weighted by molar-refractivity contribution is -0.141. The Bertz CT molecular complexity index is 657. The first kappa shape index (κ1) is 14.9. The van der Waals surface area contributed by atoms with Gasteiger partial charge in [0.2, 0.25) is 0 Å². The van der Waals surface area contributed by atoms with Crippen molar-refractivity contribution >= 4 is 5.82 Å². The van der Waals surface area contributed by atoms with Gasteiger partial charge < -0.3 is 5.32 Å². The maximum Gasteiger partial charge on any atom is 0.433 e. The molecule has 0 bridgehead atoms. The van der Waals surface area contributed by atoms with Gasteiger partial charge >= 0.3 is 6.18 Å². The smallest absolute Gasteiger partial charge is 0.364 e. The molecular formula is C15H12F3N3. The van der Waals surface area contributed by atoms with E-state index >= 15 is 0 Å². The Morgan fingerprint density at radius 3 is 2.38 bits per heavy atom. The minimum atomic E-state index is -4.46. The summed E-state index contributed by atoms with van der Waals surface area (Å²) in [5.74, 6) is 0.154. The highest BCUT2D eigenvalue weighted by molar-refractivity contribution is 5.40. The second kappa shape index (κ2) is 5.83. The van der Waals surface area contributed by atoms with Crippen molar-refractivity contribution in [1.82, 2.24) is 4.98 Å². The summed E-state index contributed by atoms with van der Waals surface area (Å²) >= 11 is 0. The fourth-order valence-corrected chi connectivity index (χ4v) is 1.82. The van der Waals surface area contributed by atoms with E-state index < -0.39 is 11.9 Å². The highest BCUT2D eigenvalue weighted by Gasteiger charge is 2.32. The van der Waals surface area contributed by atoms with Crippen LogP contribution < -0.4 is 5.32 Å². The third-order valence-electron chi connectivity index (χ3n) is 2.94. The molecule has 3 nitrogen and oxygen atoms in total. The van der Waals surface area contributed by atoms with Gasteiger partial charge in [-0.3, -0.25) is 0 Å². The summed E-state index contributed by atoms with van der Waals surface area (Å²) in [6, 6.07) is 12.3. The summed E-state index contributed by atoms with van der Waals surface area (Å²) in [5, 5.41) is 11.6. The Balaban J connectivity index is 2.15. The number of halogens is 3. The van der Waals surface area contributed by atoms with Gasteiger partial charge in [0.1, 0.15) is 11.5 Å². The lowest BCUT2D eigenvalue weighted by Gasteiger charge is -2.16. The summed E-state index contributed by atoms with van der Waals surface area (Å²) in [4.78, 5) is 3.55. The van der Waals surface area contributed by atoms with Crippen molar-refractivity contribution < 1.29 is 13.2 Å². The van der Waals surface area contributed by atoms with Crippen LogP contribution in [0.15, 0.2) is 42.5 Å². The second-order valence-corrected chi connectivity index (χ2v) is 4.51. The monoisotopic (exact) mass is 291 g/mol. The van der Waals surface area contributed by atoms with Gasteiger partial charge in [0.05, 0.1) is 11.6 Å². The number of aromatic nitrogens is 1. The summed E-state index contributed by atoms with van der Waals surface area (Å²) in [7, 11) is 0. The Hall–Kier alpha value is -2.55. The zero-order valence-electron chi connectivity index (χ0n) is 11.1. The molecule has 1 unspecified atom stereocenters. The molecule has 6 heteroatoms. The first-order chi connectivity index (χ1) is 9.90. The molecule has 108 valence electrons. The molecule has 0 saturated carbocycles. The van der Waals surface area contributed by atoms with E-state index in [9.17, 15) is 13.2 Å². The number of nitrogens with one attached hydrogen (secondary N) is 1. The minimum absolute atomic E-state index is 0.154. The molecule has 1 aromatic carbocycles. The van der Waals surface area contributed by atoms with Crippen LogP contribution in [0, 0.1) is 11.3 Å². The number of hydrogen-bond acceptors (Lipinski definition) is 3. The molecule has 2 rings (SSSR count). The molecule has 2 aromatic rings. The van der Waals surface area contributed by atoms with Crippen LogP contribution in [0.3, 0.4) is 0 Å². The molecule has 0 aliphatic rings. The standard InChI is InChI=1S/C15H12F3N3/c1-10(12-7-5-11(9-19)6-8-12)20-14-4-2-3-13(21-14)15(16,17)18/h2-8,10H,1H3,(H,20,21). The van der Waals surface area contributed by atoms with Crippen LogP contribution in [0.4, 0.5) is 19.0 Å². The Morgan fingerprint density at radius 1 is 1.14 bits per heavy atom. The zero-order valence-corrected chi connectivity index (χ0v) is 11.1. The molecule has 0 fully saturated rings. The lowest BCUT2D eigenvalue weighted by Crippen LogP contribution is -2.12. The first-order valence-corrected chi connectivity index (χ1v) is 6.21. The van der Waals surface area contributed by atoms with Gasteiger partial charge in [-0.25, -0.2) is 4.98 Å². The molecule has 1 aromatic heterocycles. The Morgan fingerprint density at radius 2 is 1.81 bits per heavy atom. The molecule has 21 heavy (non-hydrogen) atoms. The summed E-state index contributed by atoms with van der Waals surface area (Å²) in [6.07, 6.45) is -4.46. The van der Waals surface area contributed by atoms with Gasteiger partial charge in [-0.1, -0.05) is 18.2 Å². The number of pyridine rings is 1. The fourth-order valence-electron chi connectivity index (χ4n) is 1.82. The van der Waals surface area contributed by atoms with Gasteiger partial charge in [-0.2, -0.15) is 18.4 Å². The van der Waals surface area contributed by atoms with Gasteiger partial charge in [0.25, 0.3) is 0 Å². The summed E-state index contributed by atoms with van der Waals surface area (Å²) in [5.41, 5.74) is 0.455. The van der Waals surface area contributed by atoms with E-state index in [0.29, 0.717) is 5.56 Å². The average Bonchev–Trinajstić information content (AvgIpc) is 2.47. The predicted molar refractivity (Wildman–Crippen MR) is 72.4 cm³/mol. The number of alkyl halides is 3. The van der Waals surface area contributed by atoms with E-state index in [-0.39, 0.29) is 11.9 Å². The minimum Gasteiger partial charge on any atom is -0.364 e. The summed E-state index contributed by atoms with van der Waals surface area (Å²) in [6.45, 7) is 1.81. The van der Waals surface area contributed by atoms with Crippen molar-refractivity contribution in [1.29, 1.82) is 5.26 Å². The maximum absolute atomic E-state index is 12.6. The van der Waals surface area contributed by atoms with Crippen LogP contribution in [0.1, 0.15) is 29.8 Å². The molecule has 0 saturated heterocycles. The lowest BCUT2D eigenvalue weighted by atomic mass is 10.1. The molecule has 0 aliphatic carbocycles. The molecular weight excluding hydrogens is 279 g/mol. The number of benzene rings is 1. The fraction of sp³-hybridized carbons (Fsp3) is 0.200. The van der Waals surface area contributed by atoms with E-state index in [2.05, 4.69) is 10.3 Å². The number of anilines is 1. The number of nitriles is 1. The highest BCUT2D eigenvalue weighted by Crippen LogP contribution is 2.28. The van der Waals surface area contributed by atoms with E-state index in [1.807, 2.05) is 13.0 Å². The van der Waals surface area contributed by atoms with Crippen LogP contribution in [0.5, 0.6) is 0 Å². The van der Waals surface area contributed by atoms with Crippen LogP contribution in [-0.2, 0) is 6.18 Å². The molecule has 0 aliphatic heterocycles. The zero-order chi connectivity index (χ0) is 15.5. The average molecular weight is 291 g/mol. The highest BCUT2D eigenvalue weighted by atomic mass is 19.4. The van der Waals surface area contributed by atoms with Gasteiger partial charge in [-0.15, -0.1) is 0 Å². The van der Waals surface area contributed by atoms with Gasteiger partial charge in [-0.05, 0) is 36.8 Å². The van der Waals surface area contributed by atoms with Crippen LogP contribution >= 0.6 is 0 Å². The van der Waals surface area contributed by atoms with E-state index in [1.165, 1.54) is 12.1 Å². The number of nitrogens with zero attached hydrogens (tertiary/aromatic N) is 2. The third-order valence-corrected chi connectivity index (χ3v) is 2.94. The molecule has 0 amide bonds. The largest absolute Gasteiger partial charge is 0.433 e. The number of rotatable bonds is 3. The van der Waals surface area contributed by atoms with Gasteiger partial charge in [0, 0.05) is 6.04 Å². The van der Waals surface area contributed by atoms with E-state index in [0.717, 1.165) is 11.6 Å². The van der Waals surface area contributed by atoms with Crippen molar-refractivity contribution in [3.05, 3.63) is 59.3 Å². The second-order valence-electron chi connectivity index (χ2n) is 4.51. The first-order valence-electron chi connectivity index (χ1n) is 6.21. The third kappa shape index (κ3) is 3.72.